The van der Waals surface area contributed by atoms with Crippen LogP contribution in [0.25, 0.3) is 0 Å². The normalized spacial score (nSPS) is 28.9. The number of amides is 1. The Balaban J connectivity index is 1.34. The standard InChI is InChI=1S/C31H28Br2N2O6/c1-19(36)39-28-30(2,33)27(37)34-29-35(28)26-25(41-29)24(32)23(40-26)18-38-31(20-12-6-3-7-13-20,21-14-8-4-9-15-21)22-16-10-5-11-17-22/h3-17,23-26,28H,18H2,1-2H3/t23-,24-,25+,26-,28-,30+/m1/s1. The van der Waals surface area contributed by atoms with E-state index in [0.29, 0.717) is 0 Å². The molecule has 6 rings (SSSR count). The highest BCUT2D eigenvalue weighted by atomic mass is 79.9. The number of esters is 1. The van der Waals surface area contributed by atoms with Gasteiger partial charge in [0.05, 0.1) is 17.5 Å². The summed E-state index contributed by atoms with van der Waals surface area (Å²) in [4.78, 5) is 30.2. The first-order valence-corrected chi connectivity index (χ1v) is 15.0. The molecule has 1 amide bonds. The predicted octanol–water partition coefficient (Wildman–Crippen LogP) is 5.12. The van der Waals surface area contributed by atoms with Crippen LogP contribution in [-0.2, 0) is 34.1 Å². The van der Waals surface area contributed by atoms with Gasteiger partial charge in [0.2, 0.25) is 6.23 Å². The number of nitrogens with zero attached hydrogens (tertiary/aromatic N) is 2. The van der Waals surface area contributed by atoms with Crippen LogP contribution in [0.15, 0.2) is 96.0 Å². The number of hydrogen-bond donors (Lipinski definition) is 0. The lowest BCUT2D eigenvalue weighted by atomic mass is 9.80. The Bertz CT molecular complexity index is 1360. The van der Waals surface area contributed by atoms with Crippen LogP contribution in [0, 0.1) is 0 Å². The smallest absolute Gasteiger partial charge is 0.304 e. The van der Waals surface area contributed by atoms with Crippen LogP contribution in [0.1, 0.15) is 30.5 Å². The zero-order valence-electron chi connectivity index (χ0n) is 22.4. The van der Waals surface area contributed by atoms with Crippen molar-refractivity contribution in [2.45, 2.75) is 53.3 Å². The number of hydrogen-bond acceptors (Lipinski definition) is 7. The van der Waals surface area contributed by atoms with Gasteiger partial charge in [-0.05, 0) is 23.6 Å². The van der Waals surface area contributed by atoms with Crippen LogP contribution < -0.4 is 0 Å². The highest BCUT2D eigenvalue weighted by Gasteiger charge is 2.62. The van der Waals surface area contributed by atoms with E-state index in [9.17, 15) is 9.59 Å². The van der Waals surface area contributed by atoms with Crippen LogP contribution >= 0.6 is 31.9 Å². The number of carbonyl (C=O) groups is 2. The van der Waals surface area contributed by atoms with Gasteiger partial charge in [0.25, 0.3) is 5.91 Å². The highest BCUT2D eigenvalue weighted by Crippen LogP contribution is 2.46. The van der Waals surface area contributed by atoms with Gasteiger partial charge >= 0.3 is 12.0 Å². The topological polar surface area (TPSA) is 86.7 Å². The Morgan fingerprint density at radius 1 is 0.976 bits per heavy atom. The number of carbonyl (C=O) groups excluding carboxylic acids is 2. The maximum atomic E-state index is 12.7. The van der Waals surface area contributed by atoms with E-state index in [2.05, 4.69) is 73.3 Å². The largest absolute Gasteiger partial charge is 0.455 e. The first-order valence-electron chi connectivity index (χ1n) is 13.3. The van der Waals surface area contributed by atoms with E-state index < -0.39 is 46.5 Å². The summed E-state index contributed by atoms with van der Waals surface area (Å²) in [6, 6.07) is 30.4. The lowest BCUT2D eigenvalue weighted by molar-refractivity contribution is -0.170. The molecule has 2 saturated heterocycles. The maximum absolute atomic E-state index is 12.7. The van der Waals surface area contributed by atoms with Gasteiger partial charge in [-0.2, -0.15) is 4.99 Å². The molecule has 212 valence electrons. The van der Waals surface area contributed by atoms with Crippen molar-refractivity contribution in [3.8, 4) is 0 Å². The van der Waals surface area contributed by atoms with Gasteiger partial charge in [-0.3, -0.25) is 14.5 Å². The zero-order valence-corrected chi connectivity index (χ0v) is 25.5. The second kappa shape index (κ2) is 11.0. The third kappa shape index (κ3) is 4.80. The van der Waals surface area contributed by atoms with Crippen molar-refractivity contribution in [1.82, 2.24) is 4.90 Å². The molecule has 0 radical (unpaired) electrons. The molecular formula is C31H28Br2N2O6. The molecule has 3 aromatic carbocycles. The fourth-order valence-corrected chi connectivity index (χ4v) is 6.70. The van der Waals surface area contributed by atoms with E-state index in [-0.39, 0.29) is 17.5 Å². The minimum atomic E-state index is -1.27. The summed E-state index contributed by atoms with van der Waals surface area (Å²) >= 11 is 7.21. The summed E-state index contributed by atoms with van der Waals surface area (Å²) in [6.07, 6.45) is -2.64. The Kier molecular flexibility index (Phi) is 7.52. The molecule has 3 aliphatic heterocycles. The Morgan fingerprint density at radius 2 is 1.49 bits per heavy atom. The van der Waals surface area contributed by atoms with Gasteiger partial charge in [0.1, 0.15) is 5.60 Å². The fourth-order valence-electron chi connectivity index (χ4n) is 5.65. The van der Waals surface area contributed by atoms with Crippen molar-refractivity contribution < 1.29 is 28.5 Å². The summed E-state index contributed by atoms with van der Waals surface area (Å²) in [7, 11) is 0. The van der Waals surface area contributed by atoms with Gasteiger partial charge in [-0.1, -0.05) is 123 Å². The Hall–Kier alpha value is -3.05. The lowest BCUT2D eigenvalue weighted by Gasteiger charge is -2.40. The molecule has 10 heteroatoms. The SMILES string of the molecule is CC(=O)O[C@H]1N2C(=NC(=O)[C@]1(C)Br)O[C@H]1[C@H](Br)[C@@H](COC(c3ccccc3)(c3ccccc3)c3ccccc3)O[C@H]12. The van der Waals surface area contributed by atoms with Crippen molar-refractivity contribution in [3.05, 3.63) is 108 Å². The molecule has 41 heavy (non-hydrogen) atoms. The van der Waals surface area contributed by atoms with E-state index >= 15 is 0 Å². The van der Waals surface area contributed by atoms with Crippen LogP contribution in [0.2, 0.25) is 0 Å². The summed E-state index contributed by atoms with van der Waals surface area (Å²) < 4.78 is 23.9. The maximum Gasteiger partial charge on any atom is 0.304 e. The summed E-state index contributed by atoms with van der Waals surface area (Å²) in [5.74, 6) is -1.04. The number of rotatable bonds is 7. The van der Waals surface area contributed by atoms with Crippen molar-refractivity contribution in [3.63, 3.8) is 0 Å². The molecule has 0 bridgehead atoms. The van der Waals surface area contributed by atoms with Gasteiger partial charge in [0.15, 0.2) is 16.7 Å². The van der Waals surface area contributed by atoms with Crippen molar-refractivity contribution in [2.24, 2.45) is 4.99 Å². The first kappa shape index (κ1) is 28.1. The average Bonchev–Trinajstić information content (AvgIpc) is 3.48. The molecule has 6 atom stereocenters. The summed E-state index contributed by atoms with van der Waals surface area (Å²) in [5, 5.41) is 0. The van der Waals surface area contributed by atoms with Crippen LogP contribution in [0.5, 0.6) is 0 Å². The number of aliphatic imine (C=N–C) groups is 1. The molecule has 0 spiro atoms. The Labute approximate surface area is 254 Å². The fraction of sp³-hybridized carbons (Fsp3) is 0.323. The quantitative estimate of drug-likeness (QED) is 0.194. The molecule has 3 aliphatic rings. The second-order valence-corrected chi connectivity index (χ2v) is 13.0. The van der Waals surface area contributed by atoms with Crippen LogP contribution in [0.4, 0.5) is 0 Å². The molecule has 3 heterocycles. The number of amidine groups is 1. The van der Waals surface area contributed by atoms with E-state index in [4.69, 9.17) is 18.9 Å². The monoisotopic (exact) mass is 682 g/mol. The van der Waals surface area contributed by atoms with E-state index in [1.807, 2.05) is 54.6 Å². The van der Waals surface area contributed by atoms with Gasteiger partial charge in [0, 0.05) is 6.92 Å². The summed E-state index contributed by atoms with van der Waals surface area (Å²) in [6.45, 7) is 3.11. The van der Waals surface area contributed by atoms with E-state index in [1.54, 1.807) is 11.8 Å². The highest BCUT2D eigenvalue weighted by molar-refractivity contribution is 9.10. The molecule has 0 aromatic heterocycles. The average molecular weight is 684 g/mol. The number of ether oxygens (including phenoxy) is 4. The molecule has 0 aliphatic carbocycles. The number of benzene rings is 3. The minimum absolute atomic E-state index is 0.0733. The van der Waals surface area contributed by atoms with Crippen molar-refractivity contribution in [1.29, 1.82) is 0 Å². The second-order valence-electron chi connectivity index (χ2n) is 10.3. The predicted molar refractivity (Wildman–Crippen MR) is 159 cm³/mol. The van der Waals surface area contributed by atoms with Gasteiger partial charge < -0.3 is 18.9 Å². The summed E-state index contributed by atoms with van der Waals surface area (Å²) in [5.41, 5.74) is 2.02. The molecule has 2 fully saturated rings. The van der Waals surface area contributed by atoms with Crippen molar-refractivity contribution >= 4 is 49.8 Å². The first-order chi connectivity index (χ1) is 19.7. The number of alkyl halides is 2. The number of halogens is 2. The molecule has 0 unspecified atom stereocenters. The van der Waals surface area contributed by atoms with E-state index in [1.165, 1.54) is 6.92 Å². The van der Waals surface area contributed by atoms with E-state index in [0.717, 1.165) is 16.7 Å². The molecule has 0 N–H and O–H groups in total. The van der Waals surface area contributed by atoms with Gasteiger partial charge in [-0.25, -0.2) is 0 Å². The third-order valence-electron chi connectivity index (χ3n) is 7.62. The van der Waals surface area contributed by atoms with Crippen LogP contribution in [-0.4, -0.2) is 63.2 Å². The molecule has 3 aromatic rings. The molecular weight excluding hydrogens is 656 g/mol. The number of fused-ring (bicyclic) bond motifs is 3. The third-order valence-corrected chi connectivity index (χ3v) is 9.46. The minimum Gasteiger partial charge on any atom is -0.455 e. The van der Waals surface area contributed by atoms with Gasteiger partial charge in [-0.15, -0.1) is 0 Å². The lowest BCUT2D eigenvalue weighted by Crippen LogP contribution is -2.60. The van der Waals surface area contributed by atoms with Crippen LogP contribution in [0.3, 0.4) is 0 Å². The zero-order chi connectivity index (χ0) is 28.8. The Morgan fingerprint density at radius 3 is 1.98 bits per heavy atom. The molecule has 0 saturated carbocycles. The molecule has 8 nitrogen and oxygen atoms in total. The van der Waals surface area contributed by atoms with Crippen molar-refractivity contribution in [2.75, 3.05) is 6.61 Å².